The summed E-state index contributed by atoms with van der Waals surface area (Å²) in [5.74, 6) is -1.88. The van der Waals surface area contributed by atoms with E-state index in [9.17, 15) is 23.7 Å². The highest BCUT2D eigenvalue weighted by molar-refractivity contribution is 5.93. The Labute approximate surface area is 143 Å². The van der Waals surface area contributed by atoms with Gasteiger partial charge in [0.1, 0.15) is 11.6 Å². The first-order chi connectivity index (χ1) is 11.7. The monoisotopic (exact) mass is 349 g/mol. The van der Waals surface area contributed by atoms with E-state index in [0.29, 0.717) is 5.56 Å². The lowest BCUT2D eigenvalue weighted by molar-refractivity contribution is -0.385. The fourth-order valence-corrected chi connectivity index (χ4v) is 2.50. The Morgan fingerprint density at radius 2 is 1.96 bits per heavy atom. The molecule has 0 bridgehead atoms. The average molecular weight is 349 g/mol. The minimum atomic E-state index is -0.766. The Hall–Kier alpha value is -2.87. The topological polar surface area (TPSA) is 89.5 Å². The lowest BCUT2D eigenvalue weighted by Crippen LogP contribution is -2.23. The van der Waals surface area contributed by atoms with E-state index < -0.39 is 28.5 Å². The van der Waals surface area contributed by atoms with E-state index in [1.165, 1.54) is 12.1 Å². The fraction of sp³-hybridized carbons (Fsp3) is 0.235. The number of nitro benzene ring substituents is 1. The molecule has 1 atom stereocenters. The summed E-state index contributed by atoms with van der Waals surface area (Å²) in [4.78, 5) is 23.5. The van der Waals surface area contributed by atoms with Crippen molar-refractivity contribution in [2.45, 2.75) is 19.5 Å². The zero-order valence-electron chi connectivity index (χ0n) is 13.7. The van der Waals surface area contributed by atoms with E-state index in [4.69, 9.17) is 5.73 Å². The van der Waals surface area contributed by atoms with Crippen LogP contribution >= 0.6 is 0 Å². The first-order valence-electron chi connectivity index (χ1n) is 7.43. The highest BCUT2D eigenvalue weighted by Gasteiger charge is 2.21. The normalized spacial score (nSPS) is 12.2. The number of amides is 1. The van der Waals surface area contributed by atoms with E-state index in [2.05, 4.69) is 0 Å². The van der Waals surface area contributed by atoms with Crippen LogP contribution in [0, 0.1) is 21.7 Å². The average Bonchev–Trinajstić information content (AvgIpc) is 2.56. The summed E-state index contributed by atoms with van der Waals surface area (Å²) < 4.78 is 27.3. The number of rotatable bonds is 6. The maximum absolute atomic E-state index is 13.9. The second kappa shape index (κ2) is 7.35. The zero-order chi connectivity index (χ0) is 18.7. The molecule has 0 spiro atoms. The molecular weight excluding hydrogens is 332 g/mol. The molecule has 1 amide bonds. The van der Waals surface area contributed by atoms with Crippen LogP contribution in [0.2, 0.25) is 0 Å². The molecule has 0 radical (unpaired) electrons. The van der Waals surface area contributed by atoms with E-state index in [0.717, 1.165) is 24.3 Å². The largest absolute Gasteiger partial charge is 0.366 e. The summed E-state index contributed by atoms with van der Waals surface area (Å²) in [6.07, 6.45) is 0. The summed E-state index contributed by atoms with van der Waals surface area (Å²) in [5, 5.41) is 11.2. The Morgan fingerprint density at radius 3 is 2.56 bits per heavy atom. The van der Waals surface area contributed by atoms with Gasteiger partial charge in [0.05, 0.1) is 4.92 Å². The Kier molecular flexibility index (Phi) is 5.43. The van der Waals surface area contributed by atoms with Gasteiger partial charge in [0.2, 0.25) is 5.91 Å². The quantitative estimate of drug-likeness (QED) is 0.641. The maximum Gasteiger partial charge on any atom is 0.274 e. The number of nitrogens with zero attached hydrogens (tertiary/aromatic N) is 2. The van der Waals surface area contributed by atoms with Crippen molar-refractivity contribution >= 4 is 11.6 Å². The summed E-state index contributed by atoms with van der Waals surface area (Å²) in [7, 11) is 1.64. The standard InChI is InChI=1S/C17H17F2N3O3/c1-10(14-8-13(18)5-6-15(14)19)21(2)9-12-4-3-11(17(20)23)7-16(12)22(24)25/h3-8,10H,9H2,1-2H3,(H2,20,23). The SMILES string of the molecule is CC(c1cc(F)ccc1F)N(C)Cc1ccc(C(N)=O)cc1[N+](=O)[O-]. The highest BCUT2D eigenvalue weighted by Crippen LogP contribution is 2.27. The molecule has 0 heterocycles. The molecule has 0 aliphatic rings. The molecule has 2 aromatic rings. The minimum absolute atomic E-state index is 0.0299. The Bertz CT molecular complexity index is 827. The molecule has 2 N–H and O–H groups in total. The molecule has 1 unspecified atom stereocenters. The summed E-state index contributed by atoms with van der Waals surface area (Å²) in [6.45, 7) is 1.77. The van der Waals surface area contributed by atoms with E-state index in [1.54, 1.807) is 18.9 Å². The molecule has 0 aliphatic heterocycles. The van der Waals surface area contributed by atoms with Gasteiger partial charge in [-0.2, -0.15) is 0 Å². The molecule has 0 aromatic heterocycles. The van der Waals surface area contributed by atoms with Gasteiger partial charge in [0, 0.05) is 35.3 Å². The minimum Gasteiger partial charge on any atom is -0.366 e. The second-order valence-electron chi connectivity index (χ2n) is 5.72. The summed E-state index contributed by atoms with van der Waals surface area (Å²) in [5.41, 5.74) is 5.40. The van der Waals surface area contributed by atoms with Crippen LogP contribution in [-0.2, 0) is 6.54 Å². The number of halogens is 2. The van der Waals surface area contributed by atoms with E-state index >= 15 is 0 Å². The predicted molar refractivity (Wildman–Crippen MR) is 87.9 cm³/mol. The van der Waals surface area contributed by atoms with Crippen molar-refractivity contribution in [1.29, 1.82) is 0 Å². The number of nitro groups is 1. The molecule has 0 aliphatic carbocycles. The van der Waals surface area contributed by atoms with Crippen LogP contribution in [0.4, 0.5) is 14.5 Å². The predicted octanol–water partition coefficient (Wildman–Crippen LogP) is 3.16. The fourth-order valence-electron chi connectivity index (χ4n) is 2.50. The molecular formula is C17H17F2N3O3. The van der Waals surface area contributed by atoms with Crippen LogP contribution in [0.5, 0.6) is 0 Å². The van der Waals surface area contributed by atoms with Crippen LogP contribution in [0.25, 0.3) is 0 Å². The lowest BCUT2D eigenvalue weighted by atomic mass is 10.0. The van der Waals surface area contributed by atoms with Crippen molar-refractivity contribution in [3.8, 4) is 0 Å². The van der Waals surface area contributed by atoms with Gasteiger partial charge in [-0.15, -0.1) is 0 Å². The number of carbonyl (C=O) groups is 1. The first kappa shape index (κ1) is 18.5. The first-order valence-corrected chi connectivity index (χ1v) is 7.43. The number of hydrogen-bond acceptors (Lipinski definition) is 4. The number of benzene rings is 2. The Morgan fingerprint density at radius 1 is 1.28 bits per heavy atom. The third-order valence-corrected chi connectivity index (χ3v) is 4.06. The number of carbonyl (C=O) groups excluding carboxylic acids is 1. The van der Waals surface area contributed by atoms with Gasteiger partial charge in [-0.25, -0.2) is 8.78 Å². The van der Waals surface area contributed by atoms with Gasteiger partial charge < -0.3 is 5.73 Å². The molecule has 25 heavy (non-hydrogen) atoms. The molecule has 6 nitrogen and oxygen atoms in total. The highest BCUT2D eigenvalue weighted by atomic mass is 19.1. The van der Waals surface area contributed by atoms with Gasteiger partial charge >= 0.3 is 0 Å². The lowest BCUT2D eigenvalue weighted by Gasteiger charge is -2.25. The maximum atomic E-state index is 13.9. The van der Waals surface area contributed by atoms with Crippen molar-refractivity contribution in [3.05, 3.63) is 74.8 Å². The van der Waals surface area contributed by atoms with Crippen molar-refractivity contribution in [2.75, 3.05) is 7.05 Å². The summed E-state index contributed by atoms with van der Waals surface area (Å²) >= 11 is 0. The Balaban J connectivity index is 2.30. The van der Waals surface area contributed by atoms with E-state index in [-0.39, 0.29) is 23.4 Å². The molecule has 8 heteroatoms. The summed E-state index contributed by atoms with van der Waals surface area (Å²) in [6, 6.07) is 6.58. The van der Waals surface area contributed by atoms with Gasteiger partial charge in [-0.1, -0.05) is 6.07 Å². The van der Waals surface area contributed by atoms with Gasteiger partial charge in [0.15, 0.2) is 0 Å². The third kappa shape index (κ3) is 4.16. The third-order valence-electron chi connectivity index (χ3n) is 4.06. The van der Waals surface area contributed by atoms with Crippen LogP contribution in [0.1, 0.15) is 34.5 Å². The van der Waals surface area contributed by atoms with Crippen LogP contribution in [0.3, 0.4) is 0 Å². The zero-order valence-corrected chi connectivity index (χ0v) is 13.7. The molecule has 2 rings (SSSR count). The van der Waals surface area contributed by atoms with Crippen molar-refractivity contribution in [1.82, 2.24) is 4.90 Å². The van der Waals surface area contributed by atoms with Crippen molar-refractivity contribution < 1.29 is 18.5 Å². The van der Waals surface area contributed by atoms with Gasteiger partial charge in [-0.05, 0) is 38.2 Å². The number of hydrogen-bond donors (Lipinski definition) is 1. The number of primary amides is 1. The van der Waals surface area contributed by atoms with E-state index in [1.807, 2.05) is 0 Å². The van der Waals surface area contributed by atoms with Gasteiger partial charge in [-0.3, -0.25) is 19.8 Å². The number of nitrogens with two attached hydrogens (primary N) is 1. The molecule has 0 saturated carbocycles. The van der Waals surface area contributed by atoms with Crippen molar-refractivity contribution in [3.63, 3.8) is 0 Å². The molecule has 0 saturated heterocycles. The second-order valence-corrected chi connectivity index (χ2v) is 5.72. The molecule has 132 valence electrons. The van der Waals surface area contributed by atoms with Crippen LogP contribution < -0.4 is 5.73 Å². The van der Waals surface area contributed by atoms with Gasteiger partial charge in [0.25, 0.3) is 5.69 Å². The molecule has 0 fully saturated rings. The molecule has 2 aromatic carbocycles. The van der Waals surface area contributed by atoms with Crippen LogP contribution in [0.15, 0.2) is 36.4 Å². The smallest absolute Gasteiger partial charge is 0.274 e. The van der Waals surface area contributed by atoms with Crippen molar-refractivity contribution in [2.24, 2.45) is 5.73 Å². The van der Waals surface area contributed by atoms with Crippen LogP contribution in [-0.4, -0.2) is 22.8 Å².